The van der Waals surface area contributed by atoms with E-state index in [2.05, 4.69) is 68.1 Å². The summed E-state index contributed by atoms with van der Waals surface area (Å²) in [5, 5.41) is 12.4. The van der Waals surface area contributed by atoms with Crippen molar-refractivity contribution >= 4 is 28.7 Å². The fourth-order valence-corrected chi connectivity index (χ4v) is 5.82. The van der Waals surface area contributed by atoms with Crippen LogP contribution >= 0.6 is 23.1 Å². The van der Waals surface area contributed by atoms with Gasteiger partial charge in [-0.1, -0.05) is 43.2 Å². The summed E-state index contributed by atoms with van der Waals surface area (Å²) in [5.74, 6) is 1.91. The third-order valence-electron chi connectivity index (χ3n) is 5.66. The second kappa shape index (κ2) is 8.32. The summed E-state index contributed by atoms with van der Waals surface area (Å²) in [6, 6.07) is 9.01. The van der Waals surface area contributed by atoms with Crippen molar-refractivity contribution in [3.63, 3.8) is 0 Å². The number of imidazole rings is 1. The summed E-state index contributed by atoms with van der Waals surface area (Å²) in [7, 11) is 0. The molecule has 5 rings (SSSR count). The molecule has 0 saturated heterocycles. The molecular weight excluding hydrogens is 398 g/mol. The fourth-order valence-electron chi connectivity index (χ4n) is 4.21. The zero-order chi connectivity index (χ0) is 19.6. The number of thioether (sulfide) groups is 1. The maximum atomic E-state index is 4.82. The van der Waals surface area contributed by atoms with Crippen LogP contribution in [0.2, 0.25) is 0 Å². The summed E-state index contributed by atoms with van der Waals surface area (Å²) >= 11 is 3.56. The number of nitrogens with zero attached hydrogens (tertiary/aromatic N) is 5. The van der Waals surface area contributed by atoms with E-state index in [1.54, 1.807) is 23.1 Å². The highest BCUT2D eigenvalue weighted by molar-refractivity contribution is 7.98. The summed E-state index contributed by atoms with van der Waals surface area (Å²) in [6.45, 7) is 2.11. The molecule has 1 aliphatic carbocycles. The topological polar surface area (TPSA) is 48.0 Å². The highest BCUT2D eigenvalue weighted by Crippen LogP contribution is 2.34. The highest BCUT2D eigenvalue weighted by Gasteiger charge is 2.23. The molecule has 0 aliphatic heterocycles. The first-order chi connectivity index (χ1) is 14.3. The maximum Gasteiger partial charge on any atom is 0.191 e. The molecule has 4 aromatic heterocycles. The molecule has 0 radical (unpaired) electrons. The fraction of sp³-hybridized carbons (Fsp3) is 0.409. The molecule has 29 heavy (non-hydrogen) atoms. The molecule has 1 aliphatic rings. The van der Waals surface area contributed by atoms with Crippen molar-refractivity contribution in [3.8, 4) is 0 Å². The van der Waals surface area contributed by atoms with Crippen molar-refractivity contribution in [1.82, 2.24) is 24.1 Å². The third kappa shape index (κ3) is 3.98. The Morgan fingerprint density at radius 1 is 1.14 bits per heavy atom. The lowest BCUT2D eigenvalue weighted by Crippen LogP contribution is -2.16. The Kier molecular flexibility index (Phi) is 5.42. The van der Waals surface area contributed by atoms with Crippen molar-refractivity contribution in [2.24, 2.45) is 0 Å². The van der Waals surface area contributed by atoms with Gasteiger partial charge in [-0.2, -0.15) is 0 Å². The zero-order valence-electron chi connectivity index (χ0n) is 16.6. The standard InChI is InChI=1S/C22H25N5S2/c1-16-7-5-11-26-14-17(23-21(16)26)15-29-22-25-24-20(13-19-10-6-12-28-19)27(22)18-8-3-2-4-9-18/h5-7,10-12,14,18H,2-4,8-9,13,15H2,1H3. The summed E-state index contributed by atoms with van der Waals surface area (Å²) in [6.07, 6.45) is 11.5. The van der Waals surface area contributed by atoms with Crippen molar-refractivity contribution in [2.75, 3.05) is 0 Å². The summed E-state index contributed by atoms with van der Waals surface area (Å²) in [4.78, 5) is 6.17. The van der Waals surface area contributed by atoms with Crippen LogP contribution in [-0.2, 0) is 12.2 Å². The SMILES string of the molecule is Cc1cccn2cc(CSc3nnc(Cc4cccs4)n3C3CCCCC3)nc12. The summed E-state index contributed by atoms with van der Waals surface area (Å²) in [5.41, 5.74) is 3.32. The van der Waals surface area contributed by atoms with E-state index in [0.29, 0.717) is 6.04 Å². The van der Waals surface area contributed by atoms with Crippen LogP contribution in [0, 0.1) is 6.92 Å². The van der Waals surface area contributed by atoms with Gasteiger partial charge < -0.3 is 8.97 Å². The minimum absolute atomic E-state index is 0.527. The van der Waals surface area contributed by atoms with Crippen LogP contribution in [0.5, 0.6) is 0 Å². The first-order valence-corrected chi connectivity index (χ1v) is 12.2. The van der Waals surface area contributed by atoms with E-state index >= 15 is 0 Å². The first kappa shape index (κ1) is 18.9. The number of rotatable bonds is 6. The normalized spacial score (nSPS) is 15.3. The predicted molar refractivity (Wildman–Crippen MR) is 119 cm³/mol. The second-order valence-corrected chi connectivity index (χ2v) is 9.73. The van der Waals surface area contributed by atoms with E-state index in [4.69, 9.17) is 4.98 Å². The molecule has 1 saturated carbocycles. The lowest BCUT2D eigenvalue weighted by molar-refractivity contribution is 0.330. The second-order valence-electron chi connectivity index (χ2n) is 7.76. The quantitative estimate of drug-likeness (QED) is 0.374. The van der Waals surface area contributed by atoms with Gasteiger partial charge in [0, 0.05) is 35.5 Å². The Morgan fingerprint density at radius 2 is 2.03 bits per heavy atom. The average Bonchev–Trinajstić information content (AvgIpc) is 3.48. The molecule has 0 aromatic carbocycles. The molecule has 4 heterocycles. The van der Waals surface area contributed by atoms with Crippen molar-refractivity contribution in [3.05, 3.63) is 64.0 Å². The molecule has 0 spiro atoms. The summed E-state index contributed by atoms with van der Waals surface area (Å²) < 4.78 is 4.55. The van der Waals surface area contributed by atoms with Crippen molar-refractivity contribution in [1.29, 1.82) is 0 Å². The van der Waals surface area contributed by atoms with Gasteiger partial charge in [-0.05, 0) is 42.8 Å². The van der Waals surface area contributed by atoms with Gasteiger partial charge in [0.2, 0.25) is 0 Å². The van der Waals surface area contributed by atoms with E-state index in [-0.39, 0.29) is 0 Å². The smallest absolute Gasteiger partial charge is 0.191 e. The predicted octanol–water partition coefficient (Wildman–Crippen LogP) is 5.68. The Hall–Kier alpha value is -2.12. The zero-order valence-corrected chi connectivity index (χ0v) is 18.3. The van der Waals surface area contributed by atoms with Crippen LogP contribution in [0.25, 0.3) is 5.65 Å². The number of pyridine rings is 1. The average molecular weight is 424 g/mol. The number of aromatic nitrogens is 5. The van der Waals surface area contributed by atoms with Gasteiger partial charge in [-0.15, -0.1) is 21.5 Å². The van der Waals surface area contributed by atoms with E-state index in [9.17, 15) is 0 Å². The van der Waals surface area contributed by atoms with Crippen LogP contribution in [-0.4, -0.2) is 24.1 Å². The first-order valence-electron chi connectivity index (χ1n) is 10.3. The van der Waals surface area contributed by atoms with Crippen LogP contribution in [0.4, 0.5) is 0 Å². The molecule has 0 N–H and O–H groups in total. The Bertz CT molecular complexity index is 1090. The number of fused-ring (bicyclic) bond motifs is 1. The lowest BCUT2D eigenvalue weighted by Gasteiger charge is -2.25. The minimum atomic E-state index is 0.527. The molecule has 150 valence electrons. The Balaban J connectivity index is 1.40. The largest absolute Gasteiger partial charge is 0.307 e. The van der Waals surface area contributed by atoms with Crippen LogP contribution in [0.15, 0.2) is 47.2 Å². The third-order valence-corrected chi connectivity index (χ3v) is 7.52. The van der Waals surface area contributed by atoms with Gasteiger partial charge in [0.15, 0.2) is 5.16 Å². The molecule has 7 heteroatoms. The van der Waals surface area contributed by atoms with E-state index in [1.807, 2.05) is 0 Å². The number of aryl methyl sites for hydroxylation is 1. The van der Waals surface area contributed by atoms with E-state index in [0.717, 1.165) is 34.5 Å². The lowest BCUT2D eigenvalue weighted by atomic mass is 9.95. The number of hydrogen-bond acceptors (Lipinski definition) is 5. The van der Waals surface area contributed by atoms with Gasteiger partial charge in [0.25, 0.3) is 0 Å². The monoisotopic (exact) mass is 423 g/mol. The molecule has 4 aromatic rings. The molecule has 1 fully saturated rings. The van der Waals surface area contributed by atoms with Gasteiger partial charge >= 0.3 is 0 Å². The van der Waals surface area contributed by atoms with Crippen LogP contribution < -0.4 is 0 Å². The van der Waals surface area contributed by atoms with Gasteiger partial charge in [-0.3, -0.25) is 0 Å². The van der Waals surface area contributed by atoms with Gasteiger partial charge in [0.1, 0.15) is 11.5 Å². The molecular formula is C22H25N5S2. The molecule has 5 nitrogen and oxygen atoms in total. The maximum absolute atomic E-state index is 4.82. The number of thiophene rings is 1. The van der Waals surface area contributed by atoms with E-state index < -0.39 is 0 Å². The van der Waals surface area contributed by atoms with Gasteiger partial charge in [0.05, 0.1) is 5.69 Å². The highest BCUT2D eigenvalue weighted by atomic mass is 32.2. The number of hydrogen-bond donors (Lipinski definition) is 0. The molecule has 0 amide bonds. The van der Waals surface area contributed by atoms with Gasteiger partial charge in [-0.25, -0.2) is 4.98 Å². The molecule has 0 atom stereocenters. The molecule has 0 unspecified atom stereocenters. The molecule has 0 bridgehead atoms. The van der Waals surface area contributed by atoms with Crippen LogP contribution in [0.1, 0.15) is 60.1 Å². The van der Waals surface area contributed by atoms with Crippen LogP contribution in [0.3, 0.4) is 0 Å². The Labute approximate surface area is 179 Å². The Morgan fingerprint density at radius 3 is 2.83 bits per heavy atom. The van der Waals surface area contributed by atoms with E-state index in [1.165, 1.54) is 42.5 Å². The minimum Gasteiger partial charge on any atom is -0.307 e. The van der Waals surface area contributed by atoms with Crippen molar-refractivity contribution < 1.29 is 0 Å². The van der Waals surface area contributed by atoms with Crippen molar-refractivity contribution in [2.45, 2.75) is 62.4 Å².